The Morgan fingerprint density at radius 1 is 0.750 bits per heavy atom. The van der Waals surface area contributed by atoms with Gasteiger partial charge in [0, 0.05) is 11.1 Å². The summed E-state index contributed by atoms with van der Waals surface area (Å²) in [4.78, 5) is 45.8. The molecule has 0 N–H and O–H groups in total. The first-order valence-corrected chi connectivity index (χ1v) is 5.83. The summed E-state index contributed by atoms with van der Waals surface area (Å²) in [6.07, 6.45) is 0. The van der Waals surface area contributed by atoms with Crippen LogP contribution in [0.3, 0.4) is 0 Å². The van der Waals surface area contributed by atoms with Crippen LogP contribution in [0, 0.1) is 0 Å². The number of carbonyl (C=O) groups is 4. The normalized spacial score (nSPS) is 9.80. The van der Waals surface area contributed by atoms with Crippen LogP contribution in [0.4, 0.5) is 0 Å². The first-order chi connectivity index (χ1) is 9.33. The van der Waals surface area contributed by atoms with E-state index in [4.69, 9.17) is 23.2 Å². The van der Waals surface area contributed by atoms with Gasteiger partial charge in [-0.1, -0.05) is 0 Å². The van der Waals surface area contributed by atoms with Gasteiger partial charge in [-0.3, -0.25) is 9.59 Å². The second-order valence-electron chi connectivity index (χ2n) is 3.47. The standard InChI is InChI=1S/C12H8Cl2O6/c1-19-11(17)7-3-6(10(14)16)8(12(18)20-2)4-5(7)9(13)15/h3-4H,1-2H3. The van der Waals surface area contributed by atoms with Crippen molar-refractivity contribution < 1.29 is 28.7 Å². The van der Waals surface area contributed by atoms with Crippen molar-refractivity contribution in [3.8, 4) is 0 Å². The van der Waals surface area contributed by atoms with Crippen molar-refractivity contribution in [3.63, 3.8) is 0 Å². The number of ether oxygens (including phenoxy) is 2. The molecule has 0 radical (unpaired) electrons. The molecule has 1 aromatic carbocycles. The molecule has 20 heavy (non-hydrogen) atoms. The number of esters is 2. The molecule has 0 unspecified atom stereocenters. The summed E-state index contributed by atoms with van der Waals surface area (Å²) >= 11 is 10.7. The number of benzene rings is 1. The molecule has 0 atom stereocenters. The number of carbonyl (C=O) groups excluding carboxylic acids is 4. The highest BCUT2D eigenvalue weighted by Gasteiger charge is 2.25. The molecule has 0 saturated heterocycles. The highest BCUT2D eigenvalue weighted by Crippen LogP contribution is 2.22. The largest absolute Gasteiger partial charge is 0.465 e. The van der Waals surface area contributed by atoms with Crippen LogP contribution in [0.5, 0.6) is 0 Å². The highest BCUT2D eigenvalue weighted by molar-refractivity contribution is 6.69. The third-order valence-electron chi connectivity index (χ3n) is 2.39. The molecule has 8 heteroatoms. The Kier molecular flexibility index (Phi) is 5.24. The van der Waals surface area contributed by atoms with Gasteiger partial charge in [-0.2, -0.15) is 0 Å². The van der Waals surface area contributed by atoms with Crippen molar-refractivity contribution in [2.24, 2.45) is 0 Å². The second-order valence-corrected chi connectivity index (χ2v) is 4.16. The zero-order valence-electron chi connectivity index (χ0n) is 10.4. The summed E-state index contributed by atoms with van der Waals surface area (Å²) < 4.78 is 8.94. The van der Waals surface area contributed by atoms with Gasteiger partial charge in [0.15, 0.2) is 0 Å². The van der Waals surface area contributed by atoms with Crippen LogP contribution in [0.1, 0.15) is 41.4 Å². The molecule has 1 rings (SSSR count). The lowest BCUT2D eigenvalue weighted by Gasteiger charge is -2.10. The Bertz CT molecular complexity index is 554. The Labute approximate surface area is 123 Å². The van der Waals surface area contributed by atoms with Crippen molar-refractivity contribution in [1.82, 2.24) is 0 Å². The molecular weight excluding hydrogens is 311 g/mol. The van der Waals surface area contributed by atoms with Crippen LogP contribution in [-0.2, 0) is 9.47 Å². The number of hydrogen-bond donors (Lipinski definition) is 0. The van der Waals surface area contributed by atoms with E-state index in [1.807, 2.05) is 0 Å². The number of rotatable bonds is 4. The van der Waals surface area contributed by atoms with Gasteiger partial charge in [0.1, 0.15) is 0 Å². The van der Waals surface area contributed by atoms with Crippen molar-refractivity contribution in [1.29, 1.82) is 0 Å². The molecule has 0 aliphatic carbocycles. The van der Waals surface area contributed by atoms with E-state index in [1.165, 1.54) is 0 Å². The lowest BCUT2D eigenvalue weighted by molar-refractivity contribution is 0.0584. The Balaban J connectivity index is 3.68. The summed E-state index contributed by atoms with van der Waals surface area (Å²) in [5, 5.41) is -1.99. The minimum atomic E-state index is -0.996. The lowest BCUT2D eigenvalue weighted by Crippen LogP contribution is -2.15. The number of methoxy groups -OCH3 is 2. The summed E-state index contributed by atoms with van der Waals surface area (Å²) in [7, 11) is 2.17. The SMILES string of the molecule is COC(=O)c1cc(C(=O)Cl)c(C(=O)OC)cc1C(=O)Cl. The molecule has 106 valence electrons. The fraction of sp³-hybridized carbons (Fsp3) is 0.167. The van der Waals surface area contributed by atoms with Gasteiger partial charge in [0.25, 0.3) is 10.5 Å². The predicted octanol–water partition coefficient (Wildman–Crippen LogP) is 2.02. The minimum absolute atomic E-state index is 0.274. The first-order valence-electron chi connectivity index (χ1n) is 5.07. The summed E-state index contributed by atoms with van der Waals surface area (Å²) in [5.74, 6) is -1.80. The van der Waals surface area contributed by atoms with Crippen molar-refractivity contribution in [3.05, 3.63) is 34.4 Å². The van der Waals surface area contributed by atoms with E-state index in [9.17, 15) is 19.2 Å². The van der Waals surface area contributed by atoms with Gasteiger partial charge in [0.05, 0.1) is 25.3 Å². The van der Waals surface area contributed by atoms with Gasteiger partial charge in [-0.05, 0) is 35.3 Å². The van der Waals surface area contributed by atoms with E-state index < -0.39 is 22.4 Å². The van der Waals surface area contributed by atoms with Crippen molar-refractivity contribution in [2.75, 3.05) is 14.2 Å². The first kappa shape index (κ1) is 16.1. The molecule has 0 saturated carbocycles. The molecule has 0 amide bonds. The predicted molar refractivity (Wildman–Crippen MR) is 69.5 cm³/mol. The molecule has 0 aliphatic rings. The second kappa shape index (κ2) is 6.49. The molecule has 0 fully saturated rings. The zero-order valence-corrected chi connectivity index (χ0v) is 11.9. The van der Waals surface area contributed by atoms with Crippen molar-refractivity contribution in [2.45, 2.75) is 0 Å². The summed E-state index contributed by atoms with van der Waals surface area (Å²) in [5.41, 5.74) is -1.13. The van der Waals surface area contributed by atoms with E-state index in [-0.39, 0.29) is 22.3 Å². The Morgan fingerprint density at radius 3 is 1.25 bits per heavy atom. The van der Waals surface area contributed by atoms with E-state index in [0.29, 0.717) is 0 Å². The average molecular weight is 319 g/mol. The molecule has 1 aromatic rings. The van der Waals surface area contributed by atoms with Crippen LogP contribution < -0.4 is 0 Å². The van der Waals surface area contributed by atoms with Gasteiger partial charge in [-0.15, -0.1) is 0 Å². The van der Waals surface area contributed by atoms with Crippen LogP contribution in [-0.4, -0.2) is 36.6 Å². The fourth-order valence-corrected chi connectivity index (χ4v) is 1.80. The smallest absolute Gasteiger partial charge is 0.338 e. The minimum Gasteiger partial charge on any atom is -0.465 e. The molecule has 0 aliphatic heterocycles. The fourth-order valence-electron chi connectivity index (χ4n) is 1.48. The lowest BCUT2D eigenvalue weighted by atomic mass is 9.99. The van der Waals surface area contributed by atoms with Crippen LogP contribution >= 0.6 is 23.2 Å². The van der Waals surface area contributed by atoms with Gasteiger partial charge >= 0.3 is 11.9 Å². The molecule has 0 spiro atoms. The topological polar surface area (TPSA) is 86.7 Å². The van der Waals surface area contributed by atoms with E-state index >= 15 is 0 Å². The van der Waals surface area contributed by atoms with Gasteiger partial charge in [0.2, 0.25) is 0 Å². The van der Waals surface area contributed by atoms with Gasteiger partial charge < -0.3 is 9.47 Å². The molecule has 6 nitrogen and oxygen atoms in total. The maximum absolute atomic E-state index is 11.6. The third-order valence-corrected chi connectivity index (χ3v) is 2.80. The summed E-state index contributed by atoms with van der Waals surface area (Å²) in [6.45, 7) is 0. The quantitative estimate of drug-likeness (QED) is 0.623. The third kappa shape index (κ3) is 3.15. The van der Waals surface area contributed by atoms with Crippen molar-refractivity contribution >= 4 is 45.6 Å². The monoisotopic (exact) mass is 318 g/mol. The average Bonchev–Trinajstić information content (AvgIpc) is 2.43. The molecular formula is C12H8Cl2O6. The Hall–Kier alpha value is -1.92. The zero-order chi connectivity index (χ0) is 15.4. The van der Waals surface area contributed by atoms with Crippen LogP contribution in [0.15, 0.2) is 12.1 Å². The molecule has 0 heterocycles. The van der Waals surface area contributed by atoms with E-state index in [1.54, 1.807) is 0 Å². The maximum Gasteiger partial charge on any atom is 0.338 e. The van der Waals surface area contributed by atoms with Gasteiger partial charge in [-0.25, -0.2) is 9.59 Å². The number of hydrogen-bond acceptors (Lipinski definition) is 6. The summed E-state index contributed by atoms with van der Waals surface area (Å²) in [6, 6.07) is 1.92. The van der Waals surface area contributed by atoms with E-state index in [2.05, 4.69) is 9.47 Å². The van der Waals surface area contributed by atoms with Crippen LogP contribution in [0.2, 0.25) is 0 Å². The highest BCUT2D eigenvalue weighted by atomic mass is 35.5. The molecule has 0 aromatic heterocycles. The van der Waals surface area contributed by atoms with E-state index in [0.717, 1.165) is 26.4 Å². The van der Waals surface area contributed by atoms with Crippen LogP contribution in [0.25, 0.3) is 0 Å². The maximum atomic E-state index is 11.6. The Morgan fingerprint density at radius 2 is 1.05 bits per heavy atom. The number of halogens is 2. The molecule has 0 bridgehead atoms.